The third-order valence-corrected chi connectivity index (χ3v) is 2.41. The van der Waals surface area contributed by atoms with Gasteiger partial charge in [-0.3, -0.25) is 0 Å². The van der Waals surface area contributed by atoms with Crippen LogP contribution in [0, 0.1) is 12.3 Å². The molecular weight excluding hydrogens is 104 g/mol. The first-order valence-corrected chi connectivity index (χ1v) is 3.56. The van der Waals surface area contributed by atoms with Gasteiger partial charge in [-0.05, 0) is 18.6 Å². The van der Waals surface area contributed by atoms with Gasteiger partial charge >= 0.3 is 0 Å². The lowest BCUT2D eigenvalue weighted by molar-refractivity contribution is 0.894. The van der Waals surface area contributed by atoms with Gasteiger partial charge in [-0.15, -0.1) is 18.2 Å². The normalized spacial score (nSPS) is 29.9. The second-order valence-corrected chi connectivity index (χ2v) is 2.98. The highest BCUT2D eigenvalue weighted by atomic mass is 32.2. The molecule has 0 saturated carbocycles. The molecule has 38 valence electrons. The molecule has 1 aliphatic heterocycles. The lowest BCUT2D eigenvalue weighted by atomic mass is 10.3. The predicted molar refractivity (Wildman–Crippen MR) is 34.3 cm³/mol. The van der Waals surface area contributed by atoms with E-state index in [9.17, 15) is 0 Å². The average molecular weight is 112 g/mol. The summed E-state index contributed by atoms with van der Waals surface area (Å²) in [4.78, 5) is 0. The Morgan fingerprint density at radius 2 is 2.57 bits per heavy atom. The van der Waals surface area contributed by atoms with Crippen molar-refractivity contribution in [3.05, 3.63) is 0 Å². The van der Waals surface area contributed by atoms with Crippen LogP contribution in [0.5, 0.6) is 0 Å². The van der Waals surface area contributed by atoms with E-state index in [0.29, 0.717) is 5.25 Å². The molecule has 0 nitrogen and oxygen atoms in total. The fraction of sp³-hybridized carbons (Fsp3) is 0.667. The first-order chi connectivity index (χ1) is 3.43. The van der Waals surface area contributed by atoms with Crippen LogP contribution in [-0.2, 0) is 0 Å². The summed E-state index contributed by atoms with van der Waals surface area (Å²) in [6, 6.07) is 0. The highest BCUT2D eigenvalue weighted by Gasteiger charge is 2.10. The molecule has 7 heavy (non-hydrogen) atoms. The summed E-state index contributed by atoms with van der Waals surface area (Å²) in [6.07, 6.45) is 7.72. The second-order valence-electron chi connectivity index (χ2n) is 1.67. The molecule has 0 radical (unpaired) electrons. The van der Waals surface area contributed by atoms with Gasteiger partial charge in [-0.1, -0.05) is 5.92 Å². The Morgan fingerprint density at radius 1 is 1.71 bits per heavy atom. The summed E-state index contributed by atoms with van der Waals surface area (Å²) >= 11 is 1.91. The molecule has 0 N–H and O–H groups in total. The molecule has 0 spiro atoms. The Kier molecular flexibility index (Phi) is 1.64. The number of hydrogen-bond donors (Lipinski definition) is 0. The third-order valence-electron chi connectivity index (χ3n) is 1.12. The molecule has 1 rings (SSSR count). The van der Waals surface area contributed by atoms with Crippen LogP contribution in [0.15, 0.2) is 0 Å². The Bertz CT molecular complexity index is 84.8. The van der Waals surface area contributed by atoms with E-state index < -0.39 is 0 Å². The summed E-state index contributed by atoms with van der Waals surface area (Å²) in [7, 11) is 0. The van der Waals surface area contributed by atoms with Crippen molar-refractivity contribution in [1.82, 2.24) is 0 Å². The Hall–Kier alpha value is -0.0900. The molecule has 0 aromatic carbocycles. The van der Waals surface area contributed by atoms with Crippen LogP contribution >= 0.6 is 11.8 Å². The summed E-state index contributed by atoms with van der Waals surface area (Å²) in [5, 5.41) is 0.542. The smallest absolute Gasteiger partial charge is 0.0654 e. The van der Waals surface area contributed by atoms with Crippen molar-refractivity contribution < 1.29 is 0 Å². The molecule has 0 bridgehead atoms. The van der Waals surface area contributed by atoms with E-state index in [2.05, 4.69) is 5.92 Å². The first kappa shape index (κ1) is 5.05. The zero-order valence-corrected chi connectivity index (χ0v) is 5.00. The standard InChI is InChI=1S/C6H8S/c1-2-6-4-3-5-7-6/h1,6H,3-5H2. The minimum atomic E-state index is 0.542. The van der Waals surface area contributed by atoms with Crippen LogP contribution < -0.4 is 0 Å². The third kappa shape index (κ3) is 1.14. The zero-order chi connectivity index (χ0) is 5.11. The molecule has 1 heterocycles. The zero-order valence-electron chi connectivity index (χ0n) is 4.18. The highest BCUT2D eigenvalue weighted by molar-refractivity contribution is 8.00. The van der Waals surface area contributed by atoms with Crippen molar-refractivity contribution in [2.75, 3.05) is 5.75 Å². The van der Waals surface area contributed by atoms with Gasteiger partial charge in [0.05, 0.1) is 5.25 Å². The first-order valence-electron chi connectivity index (χ1n) is 2.51. The van der Waals surface area contributed by atoms with Crippen molar-refractivity contribution in [1.29, 1.82) is 0 Å². The Labute approximate surface area is 48.7 Å². The largest absolute Gasteiger partial charge is 0.145 e. The number of rotatable bonds is 0. The van der Waals surface area contributed by atoms with Crippen LogP contribution in [0.25, 0.3) is 0 Å². The Morgan fingerprint density at radius 3 is 2.86 bits per heavy atom. The quantitative estimate of drug-likeness (QED) is 0.428. The molecule has 1 atom stereocenters. The van der Waals surface area contributed by atoms with E-state index in [1.165, 1.54) is 18.6 Å². The second kappa shape index (κ2) is 2.28. The van der Waals surface area contributed by atoms with E-state index in [-0.39, 0.29) is 0 Å². The lowest BCUT2D eigenvalue weighted by Gasteiger charge is -1.91. The molecule has 1 heteroatoms. The van der Waals surface area contributed by atoms with Crippen molar-refractivity contribution >= 4 is 11.8 Å². The van der Waals surface area contributed by atoms with Crippen LogP contribution in [0.4, 0.5) is 0 Å². The van der Waals surface area contributed by atoms with Crippen molar-refractivity contribution in [3.63, 3.8) is 0 Å². The van der Waals surface area contributed by atoms with Gasteiger partial charge in [-0.25, -0.2) is 0 Å². The summed E-state index contributed by atoms with van der Waals surface area (Å²) in [6.45, 7) is 0. The number of terminal acetylenes is 1. The van der Waals surface area contributed by atoms with Gasteiger partial charge in [0.2, 0.25) is 0 Å². The van der Waals surface area contributed by atoms with Gasteiger partial charge in [0.25, 0.3) is 0 Å². The van der Waals surface area contributed by atoms with Crippen LogP contribution in [0.1, 0.15) is 12.8 Å². The van der Waals surface area contributed by atoms with Crippen LogP contribution in [0.3, 0.4) is 0 Å². The molecule has 1 saturated heterocycles. The molecular formula is C6H8S. The van der Waals surface area contributed by atoms with Crippen molar-refractivity contribution in [2.45, 2.75) is 18.1 Å². The Balaban J connectivity index is 2.31. The SMILES string of the molecule is C#CC1CCCS1. The van der Waals surface area contributed by atoms with Gasteiger partial charge in [0.15, 0.2) is 0 Å². The maximum absolute atomic E-state index is 5.16. The van der Waals surface area contributed by atoms with E-state index in [0.717, 1.165) is 0 Å². The van der Waals surface area contributed by atoms with Crippen molar-refractivity contribution in [2.24, 2.45) is 0 Å². The van der Waals surface area contributed by atoms with Crippen molar-refractivity contribution in [3.8, 4) is 12.3 Å². The predicted octanol–water partition coefficient (Wildman–Crippen LogP) is 1.52. The molecule has 1 fully saturated rings. The number of hydrogen-bond acceptors (Lipinski definition) is 1. The molecule has 0 aromatic heterocycles. The fourth-order valence-electron chi connectivity index (χ4n) is 0.709. The average Bonchev–Trinajstić information content (AvgIpc) is 2.14. The number of thioether (sulfide) groups is 1. The topological polar surface area (TPSA) is 0 Å². The van der Waals surface area contributed by atoms with Gasteiger partial charge in [0, 0.05) is 0 Å². The molecule has 1 aliphatic rings. The monoisotopic (exact) mass is 112 g/mol. The summed E-state index contributed by atoms with van der Waals surface area (Å²) in [5.41, 5.74) is 0. The van der Waals surface area contributed by atoms with E-state index in [1.54, 1.807) is 0 Å². The summed E-state index contributed by atoms with van der Waals surface area (Å²) in [5.74, 6) is 4.00. The van der Waals surface area contributed by atoms with Gasteiger partial charge in [0.1, 0.15) is 0 Å². The van der Waals surface area contributed by atoms with Gasteiger partial charge in [-0.2, -0.15) is 0 Å². The van der Waals surface area contributed by atoms with Crippen LogP contribution in [0.2, 0.25) is 0 Å². The van der Waals surface area contributed by atoms with E-state index in [1.807, 2.05) is 11.8 Å². The van der Waals surface area contributed by atoms with Crippen LogP contribution in [-0.4, -0.2) is 11.0 Å². The lowest BCUT2D eigenvalue weighted by Crippen LogP contribution is -1.86. The maximum atomic E-state index is 5.16. The van der Waals surface area contributed by atoms with E-state index in [4.69, 9.17) is 6.42 Å². The molecule has 0 aromatic rings. The van der Waals surface area contributed by atoms with E-state index >= 15 is 0 Å². The highest BCUT2D eigenvalue weighted by Crippen LogP contribution is 2.24. The van der Waals surface area contributed by atoms with Gasteiger partial charge < -0.3 is 0 Å². The fourth-order valence-corrected chi connectivity index (χ4v) is 1.76. The maximum Gasteiger partial charge on any atom is 0.0654 e. The molecule has 0 aliphatic carbocycles. The molecule has 0 amide bonds. The minimum absolute atomic E-state index is 0.542. The summed E-state index contributed by atoms with van der Waals surface area (Å²) < 4.78 is 0. The molecule has 1 unspecified atom stereocenters. The minimum Gasteiger partial charge on any atom is -0.145 e.